The molecule has 2 aliphatic rings. The largest absolute Gasteiger partial charge is 0.384 e. The zero-order valence-corrected chi connectivity index (χ0v) is 19.6. The highest BCUT2D eigenvalue weighted by Gasteiger charge is 2.17. The zero-order chi connectivity index (χ0) is 21.6. The van der Waals surface area contributed by atoms with Crippen LogP contribution in [-0.2, 0) is 13.1 Å². The SMILES string of the molecule is CCCCNc1cc(CN2CCN(C)CC2)nc2nc(CN3CCN(C)CC3)ccc12. The fraction of sp³-hybridized carbons (Fsp3) is 0.667. The first-order valence-electron chi connectivity index (χ1n) is 12.0. The number of nitrogens with zero attached hydrogens (tertiary/aromatic N) is 6. The summed E-state index contributed by atoms with van der Waals surface area (Å²) < 4.78 is 0. The Hall–Kier alpha value is -1.80. The zero-order valence-electron chi connectivity index (χ0n) is 19.6. The maximum absolute atomic E-state index is 5.01. The van der Waals surface area contributed by atoms with Gasteiger partial charge in [0, 0.05) is 83.1 Å². The number of hydrogen-bond acceptors (Lipinski definition) is 7. The van der Waals surface area contributed by atoms with Gasteiger partial charge >= 0.3 is 0 Å². The number of piperazine rings is 2. The highest BCUT2D eigenvalue weighted by atomic mass is 15.3. The van der Waals surface area contributed by atoms with E-state index in [9.17, 15) is 0 Å². The molecule has 0 bridgehead atoms. The van der Waals surface area contributed by atoms with Crippen molar-refractivity contribution in [3.8, 4) is 0 Å². The first kappa shape index (κ1) is 22.4. The molecule has 2 aliphatic heterocycles. The van der Waals surface area contributed by atoms with E-state index in [0.29, 0.717) is 0 Å². The Morgan fingerprint density at radius 3 is 2.00 bits per heavy atom. The van der Waals surface area contributed by atoms with Crippen LogP contribution < -0.4 is 5.32 Å². The molecule has 7 nitrogen and oxygen atoms in total. The molecule has 2 aromatic heterocycles. The predicted molar refractivity (Wildman–Crippen MR) is 128 cm³/mol. The molecular weight excluding hydrogens is 386 g/mol. The average molecular weight is 426 g/mol. The Morgan fingerprint density at radius 2 is 1.39 bits per heavy atom. The summed E-state index contributed by atoms with van der Waals surface area (Å²) in [6.07, 6.45) is 2.37. The van der Waals surface area contributed by atoms with Gasteiger partial charge in [0.15, 0.2) is 5.65 Å². The molecular formula is C24H39N7. The van der Waals surface area contributed by atoms with Crippen molar-refractivity contribution in [3.63, 3.8) is 0 Å². The topological polar surface area (TPSA) is 50.8 Å². The molecule has 31 heavy (non-hydrogen) atoms. The summed E-state index contributed by atoms with van der Waals surface area (Å²) >= 11 is 0. The number of likely N-dealkylation sites (N-methyl/N-ethyl adjacent to an activating group) is 2. The number of fused-ring (bicyclic) bond motifs is 1. The Labute approximate surface area is 187 Å². The molecule has 2 fully saturated rings. The molecule has 0 amide bonds. The van der Waals surface area contributed by atoms with E-state index in [1.165, 1.54) is 18.5 Å². The number of aromatic nitrogens is 2. The second-order valence-electron chi connectivity index (χ2n) is 9.27. The van der Waals surface area contributed by atoms with Crippen LogP contribution in [0.4, 0.5) is 5.69 Å². The quantitative estimate of drug-likeness (QED) is 0.652. The van der Waals surface area contributed by atoms with Gasteiger partial charge in [-0.15, -0.1) is 0 Å². The van der Waals surface area contributed by atoms with Crippen molar-refractivity contribution in [1.82, 2.24) is 29.6 Å². The lowest BCUT2D eigenvalue weighted by Gasteiger charge is -2.32. The van der Waals surface area contributed by atoms with E-state index in [-0.39, 0.29) is 0 Å². The van der Waals surface area contributed by atoms with Gasteiger partial charge in [0.1, 0.15) is 0 Å². The van der Waals surface area contributed by atoms with E-state index in [4.69, 9.17) is 9.97 Å². The fourth-order valence-electron chi connectivity index (χ4n) is 4.38. The third kappa shape index (κ3) is 6.13. The van der Waals surface area contributed by atoms with E-state index in [2.05, 4.69) is 64.1 Å². The lowest BCUT2D eigenvalue weighted by atomic mass is 10.1. The van der Waals surface area contributed by atoms with Crippen molar-refractivity contribution in [3.05, 3.63) is 29.6 Å². The Kier molecular flexibility index (Phi) is 7.72. The van der Waals surface area contributed by atoms with Gasteiger partial charge in [-0.1, -0.05) is 13.3 Å². The Bertz CT molecular complexity index is 834. The molecule has 0 atom stereocenters. The highest BCUT2D eigenvalue weighted by molar-refractivity contribution is 5.89. The van der Waals surface area contributed by atoms with E-state index in [1.54, 1.807) is 0 Å². The summed E-state index contributed by atoms with van der Waals surface area (Å²) in [5, 5.41) is 4.80. The van der Waals surface area contributed by atoms with Gasteiger partial charge in [-0.25, -0.2) is 9.97 Å². The number of hydrogen-bond donors (Lipinski definition) is 1. The lowest BCUT2D eigenvalue weighted by molar-refractivity contribution is 0.146. The third-order valence-corrected chi connectivity index (χ3v) is 6.59. The minimum atomic E-state index is 0.886. The second-order valence-corrected chi connectivity index (χ2v) is 9.27. The number of unbranched alkanes of at least 4 members (excludes halogenated alkanes) is 1. The molecule has 0 aliphatic carbocycles. The molecule has 2 aromatic rings. The standard InChI is InChI=1S/C24H39N7/c1-4-5-8-25-23-17-21(19-31-15-11-29(3)12-16-31)27-24-22(23)7-6-20(26-24)18-30-13-9-28(2)10-14-30/h6-7,17H,4-5,8-16,18-19H2,1-3H3,(H,25,26,27). The van der Waals surface area contributed by atoms with Gasteiger partial charge in [-0.2, -0.15) is 0 Å². The third-order valence-electron chi connectivity index (χ3n) is 6.59. The summed E-state index contributed by atoms with van der Waals surface area (Å²) in [5.41, 5.74) is 4.32. The van der Waals surface area contributed by atoms with Crippen molar-refractivity contribution in [1.29, 1.82) is 0 Å². The summed E-state index contributed by atoms with van der Waals surface area (Å²) in [5.74, 6) is 0. The number of pyridine rings is 2. The summed E-state index contributed by atoms with van der Waals surface area (Å²) in [6, 6.07) is 6.65. The van der Waals surface area contributed by atoms with E-state index >= 15 is 0 Å². The highest BCUT2D eigenvalue weighted by Crippen LogP contribution is 2.24. The smallest absolute Gasteiger partial charge is 0.161 e. The van der Waals surface area contributed by atoms with Gasteiger partial charge in [-0.05, 0) is 38.7 Å². The lowest BCUT2D eigenvalue weighted by Crippen LogP contribution is -2.44. The van der Waals surface area contributed by atoms with Crippen LogP contribution in [0.2, 0.25) is 0 Å². The van der Waals surface area contributed by atoms with Crippen LogP contribution in [0, 0.1) is 0 Å². The van der Waals surface area contributed by atoms with Gasteiger partial charge in [0.25, 0.3) is 0 Å². The Morgan fingerprint density at radius 1 is 0.806 bits per heavy atom. The molecule has 0 spiro atoms. The van der Waals surface area contributed by atoms with Gasteiger partial charge in [0.05, 0.1) is 11.4 Å². The van der Waals surface area contributed by atoms with Crippen LogP contribution in [0.25, 0.3) is 11.0 Å². The first-order valence-corrected chi connectivity index (χ1v) is 12.0. The van der Waals surface area contributed by atoms with Crippen LogP contribution in [-0.4, -0.2) is 103 Å². The molecule has 2 saturated heterocycles. The van der Waals surface area contributed by atoms with Crippen LogP contribution in [0.15, 0.2) is 18.2 Å². The summed E-state index contributed by atoms with van der Waals surface area (Å²) in [4.78, 5) is 19.8. The van der Waals surface area contributed by atoms with Crippen LogP contribution >= 0.6 is 0 Å². The molecule has 7 heteroatoms. The van der Waals surface area contributed by atoms with Gasteiger partial charge < -0.3 is 15.1 Å². The summed E-state index contributed by atoms with van der Waals surface area (Å²) in [6.45, 7) is 14.0. The molecule has 0 unspecified atom stereocenters. The maximum atomic E-state index is 5.01. The Balaban J connectivity index is 1.54. The minimum absolute atomic E-state index is 0.886. The van der Waals surface area contributed by atoms with Gasteiger partial charge in [-0.3, -0.25) is 9.80 Å². The van der Waals surface area contributed by atoms with E-state index in [1.807, 2.05) is 0 Å². The monoisotopic (exact) mass is 425 g/mol. The molecule has 0 saturated carbocycles. The second kappa shape index (κ2) is 10.7. The van der Waals surface area contributed by atoms with Crippen LogP contribution in [0.1, 0.15) is 31.2 Å². The van der Waals surface area contributed by atoms with Crippen LogP contribution in [0.3, 0.4) is 0 Å². The van der Waals surface area contributed by atoms with Crippen molar-refractivity contribution >= 4 is 16.7 Å². The number of rotatable bonds is 8. The molecule has 4 rings (SSSR count). The van der Waals surface area contributed by atoms with Crippen molar-refractivity contribution in [2.24, 2.45) is 0 Å². The maximum Gasteiger partial charge on any atom is 0.161 e. The van der Waals surface area contributed by atoms with E-state index in [0.717, 1.165) is 94.4 Å². The molecule has 0 aromatic carbocycles. The number of anilines is 1. The fourth-order valence-corrected chi connectivity index (χ4v) is 4.38. The summed E-state index contributed by atoms with van der Waals surface area (Å²) in [7, 11) is 4.40. The molecule has 0 radical (unpaired) electrons. The average Bonchev–Trinajstić information content (AvgIpc) is 2.77. The first-order chi connectivity index (χ1) is 15.1. The molecule has 1 N–H and O–H groups in total. The van der Waals surface area contributed by atoms with Crippen molar-refractivity contribution < 1.29 is 0 Å². The molecule has 170 valence electrons. The molecule has 4 heterocycles. The normalized spacial score (nSPS) is 19.8. The number of nitrogens with one attached hydrogen (secondary N) is 1. The van der Waals surface area contributed by atoms with E-state index < -0.39 is 0 Å². The van der Waals surface area contributed by atoms with Gasteiger partial charge in [0.2, 0.25) is 0 Å². The van der Waals surface area contributed by atoms with Crippen molar-refractivity contribution in [2.45, 2.75) is 32.9 Å². The predicted octanol–water partition coefficient (Wildman–Crippen LogP) is 2.34. The minimum Gasteiger partial charge on any atom is -0.384 e. The van der Waals surface area contributed by atoms with Crippen molar-refractivity contribution in [2.75, 3.05) is 78.3 Å². The van der Waals surface area contributed by atoms with Crippen LogP contribution in [0.5, 0.6) is 0 Å².